The molecule has 0 spiro atoms. The maximum Gasteiger partial charge on any atom is 0.227 e. The average Bonchev–Trinajstić information content (AvgIpc) is 2.63. The number of rotatable bonds is 3. The van der Waals surface area contributed by atoms with Crippen LogP contribution in [0.3, 0.4) is 0 Å². The van der Waals surface area contributed by atoms with Crippen LogP contribution in [0.4, 0.5) is 0 Å². The first-order valence-electron chi connectivity index (χ1n) is 8.69. The molecule has 3 heterocycles. The normalized spacial score (nSPS) is 29.4. The van der Waals surface area contributed by atoms with E-state index in [2.05, 4.69) is 5.32 Å². The second kappa shape index (κ2) is 8.35. The quantitative estimate of drug-likeness (QED) is 0.793. The van der Waals surface area contributed by atoms with Crippen LogP contribution >= 0.6 is 11.8 Å². The van der Waals surface area contributed by atoms with Crippen LogP contribution in [0.25, 0.3) is 0 Å². The van der Waals surface area contributed by atoms with E-state index < -0.39 is 0 Å². The standard InChI is InChI=1S/C16H27N3O3S/c20-15(10-14-12-23-9-3-17-14)19-4-1-2-13(11-19)16(21)18-5-7-22-8-6-18/h13-14,17H,1-12H2. The van der Waals surface area contributed by atoms with Crippen LogP contribution in [0.15, 0.2) is 0 Å². The SMILES string of the molecule is O=C(CC1CSCCN1)N1CCCC(C(=O)N2CCOCC2)C1. The van der Waals surface area contributed by atoms with Gasteiger partial charge in [0.05, 0.1) is 19.1 Å². The van der Waals surface area contributed by atoms with E-state index in [0.717, 1.165) is 37.4 Å². The maximum atomic E-state index is 12.6. The van der Waals surface area contributed by atoms with Gasteiger partial charge >= 0.3 is 0 Å². The molecule has 3 aliphatic heterocycles. The highest BCUT2D eigenvalue weighted by atomic mass is 32.2. The summed E-state index contributed by atoms with van der Waals surface area (Å²) in [5.41, 5.74) is 0. The van der Waals surface area contributed by atoms with Crippen molar-refractivity contribution >= 4 is 23.6 Å². The number of likely N-dealkylation sites (tertiary alicyclic amines) is 1. The minimum absolute atomic E-state index is 0.0282. The zero-order chi connectivity index (χ0) is 16.1. The molecule has 0 aromatic heterocycles. The highest BCUT2D eigenvalue weighted by molar-refractivity contribution is 7.99. The number of nitrogens with zero attached hydrogens (tertiary/aromatic N) is 2. The average molecular weight is 341 g/mol. The van der Waals surface area contributed by atoms with Crippen molar-refractivity contribution in [1.82, 2.24) is 15.1 Å². The van der Waals surface area contributed by atoms with Crippen molar-refractivity contribution in [2.24, 2.45) is 5.92 Å². The Morgan fingerprint density at radius 3 is 2.74 bits per heavy atom. The van der Waals surface area contributed by atoms with Crippen LogP contribution in [0, 0.1) is 5.92 Å². The van der Waals surface area contributed by atoms with E-state index in [1.807, 2.05) is 21.6 Å². The van der Waals surface area contributed by atoms with Crippen LogP contribution in [-0.2, 0) is 14.3 Å². The summed E-state index contributed by atoms with van der Waals surface area (Å²) >= 11 is 1.91. The lowest BCUT2D eigenvalue weighted by atomic mass is 9.95. The summed E-state index contributed by atoms with van der Waals surface area (Å²) in [5.74, 6) is 2.52. The Bertz CT molecular complexity index is 423. The van der Waals surface area contributed by atoms with E-state index >= 15 is 0 Å². The molecule has 0 aromatic carbocycles. The smallest absolute Gasteiger partial charge is 0.227 e. The molecule has 0 saturated carbocycles. The van der Waals surface area contributed by atoms with Crippen molar-refractivity contribution in [3.05, 3.63) is 0 Å². The Morgan fingerprint density at radius 1 is 1.17 bits per heavy atom. The van der Waals surface area contributed by atoms with Gasteiger partial charge in [-0.25, -0.2) is 0 Å². The Morgan fingerprint density at radius 2 is 2.00 bits per heavy atom. The van der Waals surface area contributed by atoms with Crippen LogP contribution in [0.5, 0.6) is 0 Å². The van der Waals surface area contributed by atoms with E-state index in [-0.39, 0.29) is 23.8 Å². The summed E-state index contributed by atoms with van der Waals surface area (Å²) in [6.07, 6.45) is 2.39. The Kier molecular flexibility index (Phi) is 6.19. The van der Waals surface area contributed by atoms with Gasteiger partial charge in [-0.1, -0.05) is 0 Å². The zero-order valence-corrected chi connectivity index (χ0v) is 14.5. The lowest BCUT2D eigenvalue weighted by Crippen LogP contribution is -2.50. The molecule has 0 aromatic rings. The topological polar surface area (TPSA) is 61.9 Å². The molecular formula is C16H27N3O3S. The molecule has 23 heavy (non-hydrogen) atoms. The third-order valence-corrected chi connectivity index (χ3v) is 6.00. The molecule has 1 N–H and O–H groups in total. The number of thioether (sulfide) groups is 1. The first kappa shape index (κ1) is 17.0. The Labute approximate surface area is 142 Å². The summed E-state index contributed by atoms with van der Waals surface area (Å²) in [6, 6.07) is 0.288. The molecule has 3 rings (SSSR count). The van der Waals surface area contributed by atoms with Gasteiger partial charge in [0.25, 0.3) is 0 Å². The van der Waals surface area contributed by atoms with Gasteiger partial charge < -0.3 is 19.9 Å². The molecule has 7 heteroatoms. The van der Waals surface area contributed by atoms with Crippen LogP contribution in [0.2, 0.25) is 0 Å². The van der Waals surface area contributed by atoms with Gasteiger partial charge in [0.1, 0.15) is 0 Å². The van der Waals surface area contributed by atoms with Gasteiger partial charge in [-0.2, -0.15) is 11.8 Å². The Balaban J connectivity index is 1.50. The number of hydrogen-bond acceptors (Lipinski definition) is 5. The summed E-state index contributed by atoms with van der Waals surface area (Å²) in [6.45, 7) is 5.01. The van der Waals surface area contributed by atoms with Crippen molar-refractivity contribution in [2.75, 3.05) is 57.4 Å². The molecule has 3 fully saturated rings. The van der Waals surface area contributed by atoms with Gasteiger partial charge in [-0.3, -0.25) is 9.59 Å². The van der Waals surface area contributed by atoms with E-state index in [0.29, 0.717) is 39.3 Å². The van der Waals surface area contributed by atoms with Crippen LogP contribution in [-0.4, -0.2) is 85.1 Å². The number of morpholine rings is 1. The van der Waals surface area contributed by atoms with Gasteiger partial charge in [-0.15, -0.1) is 0 Å². The molecule has 0 aliphatic carbocycles. The fourth-order valence-electron chi connectivity index (χ4n) is 3.54. The largest absolute Gasteiger partial charge is 0.378 e. The third-order valence-electron chi connectivity index (χ3n) is 4.87. The molecule has 3 saturated heterocycles. The molecule has 3 aliphatic rings. The van der Waals surface area contributed by atoms with Crippen LogP contribution < -0.4 is 5.32 Å². The van der Waals surface area contributed by atoms with Crippen molar-refractivity contribution in [2.45, 2.75) is 25.3 Å². The molecule has 130 valence electrons. The monoisotopic (exact) mass is 341 g/mol. The number of carbonyl (C=O) groups excluding carboxylic acids is 2. The lowest BCUT2D eigenvalue weighted by molar-refractivity contribution is -0.144. The molecule has 6 nitrogen and oxygen atoms in total. The molecule has 2 unspecified atom stereocenters. The zero-order valence-electron chi connectivity index (χ0n) is 13.7. The third kappa shape index (κ3) is 4.61. The number of hydrogen-bond donors (Lipinski definition) is 1. The summed E-state index contributed by atoms with van der Waals surface area (Å²) in [5, 5.41) is 3.42. The van der Waals surface area contributed by atoms with Gasteiger partial charge in [0.2, 0.25) is 11.8 Å². The second-order valence-electron chi connectivity index (χ2n) is 6.55. The summed E-state index contributed by atoms with van der Waals surface area (Å²) in [7, 11) is 0. The summed E-state index contributed by atoms with van der Waals surface area (Å²) in [4.78, 5) is 29.0. The van der Waals surface area contributed by atoms with Gasteiger partial charge in [0, 0.05) is 56.7 Å². The number of piperidine rings is 1. The predicted octanol–water partition coefficient (Wildman–Crippen LogP) is 0.179. The number of nitrogens with one attached hydrogen (secondary N) is 1. The molecular weight excluding hydrogens is 314 g/mol. The highest BCUT2D eigenvalue weighted by Gasteiger charge is 2.32. The Hall–Kier alpha value is -0.790. The van der Waals surface area contributed by atoms with Gasteiger partial charge in [0.15, 0.2) is 0 Å². The predicted molar refractivity (Wildman–Crippen MR) is 90.4 cm³/mol. The van der Waals surface area contributed by atoms with Crippen molar-refractivity contribution in [1.29, 1.82) is 0 Å². The minimum Gasteiger partial charge on any atom is -0.378 e. The molecule has 0 bridgehead atoms. The van der Waals surface area contributed by atoms with Crippen LogP contribution in [0.1, 0.15) is 19.3 Å². The lowest BCUT2D eigenvalue weighted by Gasteiger charge is -2.37. The van der Waals surface area contributed by atoms with Crippen molar-refractivity contribution in [3.63, 3.8) is 0 Å². The fraction of sp³-hybridized carbons (Fsp3) is 0.875. The second-order valence-corrected chi connectivity index (χ2v) is 7.70. The number of carbonyl (C=O) groups is 2. The fourth-order valence-corrected chi connectivity index (χ4v) is 4.49. The highest BCUT2D eigenvalue weighted by Crippen LogP contribution is 2.21. The van der Waals surface area contributed by atoms with E-state index in [9.17, 15) is 9.59 Å². The molecule has 2 atom stereocenters. The van der Waals surface area contributed by atoms with Gasteiger partial charge in [-0.05, 0) is 12.8 Å². The number of amides is 2. The first-order chi connectivity index (χ1) is 11.2. The number of ether oxygens (including phenoxy) is 1. The molecule has 0 radical (unpaired) electrons. The minimum atomic E-state index is -0.0282. The summed E-state index contributed by atoms with van der Waals surface area (Å²) < 4.78 is 5.31. The van der Waals surface area contributed by atoms with E-state index in [1.165, 1.54) is 0 Å². The van der Waals surface area contributed by atoms with E-state index in [4.69, 9.17) is 4.74 Å². The van der Waals surface area contributed by atoms with Crippen molar-refractivity contribution < 1.29 is 14.3 Å². The van der Waals surface area contributed by atoms with Crippen molar-refractivity contribution in [3.8, 4) is 0 Å². The van der Waals surface area contributed by atoms with E-state index in [1.54, 1.807) is 0 Å². The maximum absolute atomic E-state index is 12.6. The molecule has 2 amide bonds. The first-order valence-corrected chi connectivity index (χ1v) is 9.85.